The minimum Gasteiger partial charge on any atom is -0.487 e. The second kappa shape index (κ2) is 7.83. The molecule has 0 bridgehead atoms. The van der Waals surface area contributed by atoms with E-state index in [4.69, 9.17) is 4.74 Å². The first-order valence-corrected chi connectivity index (χ1v) is 10.8. The van der Waals surface area contributed by atoms with E-state index in [0.29, 0.717) is 12.3 Å². The van der Waals surface area contributed by atoms with Gasteiger partial charge >= 0.3 is 0 Å². The van der Waals surface area contributed by atoms with E-state index in [0.717, 1.165) is 50.6 Å². The van der Waals surface area contributed by atoms with Gasteiger partial charge in [-0.2, -0.15) is 0 Å². The average molecular weight is 371 g/mol. The second-order valence-electron chi connectivity index (χ2n) is 9.37. The highest BCUT2D eigenvalue weighted by molar-refractivity contribution is 5.77. The zero-order valence-corrected chi connectivity index (χ0v) is 16.9. The van der Waals surface area contributed by atoms with Crippen molar-refractivity contribution in [2.75, 3.05) is 26.2 Å². The van der Waals surface area contributed by atoms with Gasteiger partial charge in [0, 0.05) is 38.5 Å². The van der Waals surface area contributed by atoms with Crippen molar-refractivity contribution in [1.29, 1.82) is 0 Å². The Bertz CT molecular complexity index is 660. The van der Waals surface area contributed by atoms with E-state index in [1.54, 1.807) is 0 Å². The molecular formula is C23H34N2O2. The van der Waals surface area contributed by atoms with Crippen molar-refractivity contribution in [2.45, 2.75) is 63.9 Å². The topological polar surface area (TPSA) is 41.6 Å². The first kappa shape index (κ1) is 18.8. The Morgan fingerprint density at radius 3 is 2.70 bits per heavy atom. The minimum atomic E-state index is -0.0859. The van der Waals surface area contributed by atoms with Crippen LogP contribution in [0.4, 0.5) is 0 Å². The molecule has 4 heteroatoms. The number of hydrogen-bond donors (Lipinski definition) is 1. The Morgan fingerprint density at radius 1 is 1.26 bits per heavy atom. The van der Waals surface area contributed by atoms with Gasteiger partial charge in [-0.1, -0.05) is 32.0 Å². The van der Waals surface area contributed by atoms with E-state index in [2.05, 4.69) is 48.3 Å². The van der Waals surface area contributed by atoms with E-state index in [1.165, 1.54) is 24.9 Å². The molecule has 4 nitrogen and oxygen atoms in total. The van der Waals surface area contributed by atoms with Crippen LogP contribution in [0.5, 0.6) is 5.75 Å². The summed E-state index contributed by atoms with van der Waals surface area (Å²) in [7, 11) is 0. The lowest BCUT2D eigenvalue weighted by Gasteiger charge is -2.47. The highest BCUT2D eigenvalue weighted by atomic mass is 16.5. The predicted molar refractivity (Wildman–Crippen MR) is 108 cm³/mol. The largest absolute Gasteiger partial charge is 0.487 e. The number of piperidine rings is 1. The van der Waals surface area contributed by atoms with Crippen molar-refractivity contribution in [3.63, 3.8) is 0 Å². The lowest BCUT2D eigenvalue weighted by atomic mass is 9.76. The summed E-state index contributed by atoms with van der Waals surface area (Å²) in [5.74, 6) is 2.87. The summed E-state index contributed by atoms with van der Waals surface area (Å²) in [6.07, 6.45) is 6.53. The van der Waals surface area contributed by atoms with Gasteiger partial charge in [-0.05, 0) is 55.6 Å². The molecule has 1 aromatic carbocycles. The number of nitrogens with zero attached hydrogens (tertiary/aromatic N) is 1. The third kappa shape index (κ3) is 4.66. The monoisotopic (exact) mass is 370 g/mol. The number of carbonyl (C=O) groups excluding carboxylic acids is 1. The Balaban J connectivity index is 1.44. The lowest BCUT2D eigenvalue weighted by Crippen LogP contribution is -2.51. The zero-order valence-electron chi connectivity index (χ0n) is 16.9. The highest BCUT2D eigenvalue weighted by Crippen LogP contribution is 2.46. The molecule has 2 aliphatic heterocycles. The van der Waals surface area contributed by atoms with Gasteiger partial charge < -0.3 is 15.0 Å². The fourth-order valence-corrected chi connectivity index (χ4v) is 4.66. The molecule has 2 fully saturated rings. The van der Waals surface area contributed by atoms with Crippen LogP contribution in [-0.4, -0.2) is 42.6 Å². The van der Waals surface area contributed by atoms with Crippen molar-refractivity contribution < 1.29 is 9.53 Å². The molecule has 1 spiro atoms. The molecule has 1 N–H and O–H groups in total. The first-order valence-electron chi connectivity index (χ1n) is 10.8. The van der Waals surface area contributed by atoms with Crippen LogP contribution in [0.2, 0.25) is 0 Å². The van der Waals surface area contributed by atoms with Gasteiger partial charge in [-0.3, -0.25) is 4.79 Å². The van der Waals surface area contributed by atoms with Crippen molar-refractivity contribution >= 4 is 5.91 Å². The van der Waals surface area contributed by atoms with Crippen LogP contribution in [0.25, 0.3) is 0 Å². The fraction of sp³-hybridized carbons (Fsp3) is 0.696. The van der Waals surface area contributed by atoms with Crippen molar-refractivity contribution in [3.05, 3.63) is 29.8 Å². The average Bonchev–Trinajstić information content (AvgIpc) is 3.46. The summed E-state index contributed by atoms with van der Waals surface area (Å²) in [4.78, 5) is 15.1. The second-order valence-corrected chi connectivity index (χ2v) is 9.37. The van der Waals surface area contributed by atoms with E-state index in [-0.39, 0.29) is 17.4 Å². The molecule has 0 unspecified atom stereocenters. The molecule has 1 aromatic rings. The smallest absolute Gasteiger partial charge is 0.220 e. The third-order valence-electron chi connectivity index (χ3n) is 6.42. The molecule has 148 valence electrons. The molecule has 1 saturated heterocycles. The first-order chi connectivity index (χ1) is 13.0. The molecule has 1 aliphatic carbocycles. The Kier molecular flexibility index (Phi) is 5.45. The summed E-state index contributed by atoms with van der Waals surface area (Å²) in [5.41, 5.74) is 1.13. The van der Waals surface area contributed by atoms with Gasteiger partial charge in [0.25, 0.3) is 0 Å². The van der Waals surface area contributed by atoms with Crippen LogP contribution in [-0.2, 0) is 4.79 Å². The molecule has 1 amide bonds. The molecule has 1 atom stereocenters. The molecule has 1 saturated carbocycles. The summed E-state index contributed by atoms with van der Waals surface area (Å²) in [6, 6.07) is 8.35. The van der Waals surface area contributed by atoms with Crippen LogP contribution in [0, 0.1) is 11.8 Å². The van der Waals surface area contributed by atoms with E-state index < -0.39 is 0 Å². The van der Waals surface area contributed by atoms with Gasteiger partial charge in [-0.25, -0.2) is 0 Å². The normalized spacial score (nSPS) is 24.5. The Labute approximate surface area is 163 Å². The van der Waals surface area contributed by atoms with Crippen molar-refractivity contribution in [1.82, 2.24) is 10.2 Å². The zero-order chi connectivity index (χ0) is 18.9. The van der Waals surface area contributed by atoms with E-state index >= 15 is 0 Å². The summed E-state index contributed by atoms with van der Waals surface area (Å²) < 4.78 is 6.58. The van der Waals surface area contributed by atoms with Crippen LogP contribution >= 0.6 is 0 Å². The van der Waals surface area contributed by atoms with Gasteiger partial charge in [0.2, 0.25) is 5.91 Å². The molecule has 3 aliphatic rings. The van der Waals surface area contributed by atoms with Gasteiger partial charge in [0.15, 0.2) is 0 Å². The number of benzene rings is 1. The maximum absolute atomic E-state index is 12.5. The summed E-state index contributed by atoms with van der Waals surface area (Å²) >= 11 is 0. The quantitative estimate of drug-likeness (QED) is 0.824. The molecule has 0 radical (unpaired) electrons. The van der Waals surface area contributed by atoms with Gasteiger partial charge in [-0.15, -0.1) is 0 Å². The number of fused-ring (bicyclic) bond motifs is 1. The SMILES string of the molecule is CC(C)CNC(=O)C[C@@H]1CC2(CCN(CC3CC3)CC2)Oc2ccccc21. The Morgan fingerprint density at radius 2 is 2.00 bits per heavy atom. The number of carbonyl (C=O) groups is 1. The van der Waals surface area contributed by atoms with Crippen molar-refractivity contribution in [3.8, 4) is 5.75 Å². The third-order valence-corrected chi connectivity index (χ3v) is 6.42. The number of hydrogen-bond acceptors (Lipinski definition) is 3. The summed E-state index contributed by atoms with van der Waals surface area (Å²) in [6.45, 7) is 8.55. The number of rotatable bonds is 6. The molecule has 2 heterocycles. The lowest BCUT2D eigenvalue weighted by molar-refractivity contribution is -0.122. The van der Waals surface area contributed by atoms with Crippen LogP contribution < -0.4 is 10.1 Å². The van der Waals surface area contributed by atoms with E-state index in [1.807, 2.05) is 0 Å². The predicted octanol–water partition coefficient (Wildman–Crippen LogP) is 3.96. The van der Waals surface area contributed by atoms with Crippen LogP contribution in [0.15, 0.2) is 24.3 Å². The van der Waals surface area contributed by atoms with Gasteiger partial charge in [0.05, 0.1) is 0 Å². The number of amides is 1. The number of nitrogens with one attached hydrogen (secondary N) is 1. The minimum absolute atomic E-state index is 0.0859. The number of likely N-dealkylation sites (tertiary alicyclic amines) is 1. The van der Waals surface area contributed by atoms with Crippen molar-refractivity contribution in [2.24, 2.45) is 11.8 Å². The standard InChI is InChI=1S/C23H34N2O2/c1-17(2)15-24-22(26)13-19-14-23(27-21-6-4-3-5-20(19)21)9-11-25(12-10-23)16-18-7-8-18/h3-6,17-19H,7-16H2,1-2H3,(H,24,26)/t19-/m1/s1. The molecule has 27 heavy (non-hydrogen) atoms. The van der Waals surface area contributed by atoms with Gasteiger partial charge in [0.1, 0.15) is 11.4 Å². The molecule has 4 rings (SSSR count). The van der Waals surface area contributed by atoms with Crippen LogP contribution in [0.3, 0.4) is 0 Å². The Hall–Kier alpha value is -1.55. The number of para-hydroxylation sites is 1. The maximum Gasteiger partial charge on any atom is 0.220 e. The number of ether oxygens (including phenoxy) is 1. The van der Waals surface area contributed by atoms with Crippen LogP contribution in [0.1, 0.15) is 63.9 Å². The maximum atomic E-state index is 12.5. The fourth-order valence-electron chi connectivity index (χ4n) is 4.66. The molecule has 0 aromatic heterocycles. The summed E-state index contributed by atoms with van der Waals surface area (Å²) in [5, 5.41) is 3.10. The highest BCUT2D eigenvalue weighted by Gasteiger charge is 2.44. The van der Waals surface area contributed by atoms with E-state index in [9.17, 15) is 4.79 Å². The molecular weight excluding hydrogens is 336 g/mol.